The molecule has 27 heteroatoms. The van der Waals surface area contributed by atoms with Gasteiger partial charge in [0.25, 0.3) is 0 Å². The Morgan fingerprint density at radius 2 is 0.654 bits per heavy atom. The van der Waals surface area contributed by atoms with Gasteiger partial charge in [-0.15, -0.1) is 34.0 Å². The molecule has 4 N–H and O–H groups in total. The number of hydrogen-bond acceptors (Lipinski definition) is 20. The average molecular weight is 1890 g/mol. The van der Waals surface area contributed by atoms with Crippen LogP contribution in [-0.4, -0.2) is 83.0 Å². The summed E-state index contributed by atoms with van der Waals surface area (Å²) in [4.78, 5) is 105. The maximum absolute atomic E-state index is 15.3. The maximum atomic E-state index is 15.3. The van der Waals surface area contributed by atoms with Crippen LogP contribution >= 0.6 is 34.0 Å². The van der Waals surface area contributed by atoms with Gasteiger partial charge < -0.3 is 30.4 Å². The van der Waals surface area contributed by atoms with E-state index in [-0.39, 0.29) is 95.7 Å². The van der Waals surface area contributed by atoms with Gasteiger partial charge >= 0.3 is 5.97 Å². The van der Waals surface area contributed by atoms with Gasteiger partial charge in [-0.25, -0.2) is 26.3 Å². The number of hydrogen-bond donors (Lipinski definition) is 3. The van der Waals surface area contributed by atoms with E-state index < -0.39 is 39.7 Å². The van der Waals surface area contributed by atoms with Crippen molar-refractivity contribution in [2.45, 2.75) is 168 Å². The Kier molecular flexibility index (Phi) is 32.1. The first kappa shape index (κ1) is 97.2. The van der Waals surface area contributed by atoms with Crippen molar-refractivity contribution in [1.29, 1.82) is 0 Å². The van der Waals surface area contributed by atoms with Crippen LogP contribution in [0.5, 0.6) is 34.5 Å². The number of unbranched alkanes of at least 4 members (excludes halogenated alkanes) is 6. The molecule has 0 radical (unpaired) electrons. The van der Waals surface area contributed by atoms with Gasteiger partial charge in [0, 0.05) is 99.2 Å². The summed E-state index contributed by atoms with van der Waals surface area (Å²) < 4.78 is 104. The highest BCUT2D eigenvalue weighted by Crippen LogP contribution is 2.52. The van der Waals surface area contributed by atoms with E-state index in [1.54, 1.807) is 79.3 Å². The van der Waals surface area contributed by atoms with Gasteiger partial charge in [0.1, 0.15) is 40.1 Å². The lowest BCUT2D eigenvalue weighted by Crippen LogP contribution is -2.28. The molecule has 698 valence electrons. The number of nitrogens with zero attached hydrogens (tertiary/aromatic N) is 6. The minimum atomic E-state index is -1.16. The van der Waals surface area contributed by atoms with Crippen LogP contribution in [0.25, 0.3) is 62.4 Å². The van der Waals surface area contributed by atoms with Crippen molar-refractivity contribution in [2.24, 2.45) is 16.2 Å². The maximum Gasteiger partial charge on any atom is 0.317 e. The van der Waals surface area contributed by atoms with Crippen molar-refractivity contribution in [3.8, 4) is 66.2 Å². The molecular weight excluding hydrogens is 1790 g/mol. The largest absolute Gasteiger partial charge is 0.480 e. The number of aromatic nitrogens is 6. The molecule has 18 rings (SSSR count). The van der Waals surface area contributed by atoms with Gasteiger partial charge in [-0.2, -0.15) is 0 Å². The van der Waals surface area contributed by atoms with Crippen molar-refractivity contribution in [3.63, 3.8) is 0 Å². The number of benzene rings is 6. The molecule has 0 spiro atoms. The van der Waals surface area contributed by atoms with Gasteiger partial charge in [0.2, 0.25) is 0 Å². The normalized spacial score (nSPS) is 13.4. The van der Waals surface area contributed by atoms with Gasteiger partial charge in [0.05, 0.1) is 73.2 Å². The molecule has 0 aliphatic heterocycles. The van der Waals surface area contributed by atoms with Crippen molar-refractivity contribution in [1.82, 2.24) is 35.2 Å². The standard InChI is InChI=1S/C37H34F2N2O3S.C36H33F2N3O3S.C24H24FN3OS.C12H11FO3/c1-2-3-4-5-6-25-9-13-29(41-23-25)33-22-30-36(45-33)32(15-18-40-30)44-31-14-10-26(19-28(31)39)21-35(43)37(16-17-37)34(42)20-24-7-11-27(38)12-8-24;1-2-15-39-16-11-24-5-9-28(41-22-24)32-21-29-35(45-32)31(12-17-40-29)44-30-10-6-25(18-27(30)38)20-34(43)36(13-14-36)33(42)19-23-3-7-26(37)8-4-23;1-2-3-4-5-6-16-7-9-19(28-15-16)23-14-20-24(30-23)22(11-12-27-20)29-21-10-8-17(26)13-18(21)25;13-9-3-1-8(2-4-9)7-10(14)12(5-6-12)11(15)16/h7-15,18-19,22-23H,2-6,16-17,20-21H2,1H3;3-10,12,17-18,21-22,39H,2,11,13-16,19-20H2,1H3;7-15H,2-6,26H2,1H3;1-4H,5-7H2,(H,15,16). The van der Waals surface area contributed by atoms with Crippen LogP contribution in [0.2, 0.25) is 0 Å². The Morgan fingerprint density at radius 1 is 0.338 bits per heavy atom. The Labute approximate surface area is 796 Å². The first-order valence-corrected chi connectivity index (χ1v) is 48.3. The number of carboxylic acids is 1. The van der Waals surface area contributed by atoms with Gasteiger partial charge in [-0.05, 0) is 244 Å². The molecule has 0 unspecified atom stereocenters. The van der Waals surface area contributed by atoms with Crippen LogP contribution < -0.4 is 25.3 Å². The summed E-state index contributed by atoms with van der Waals surface area (Å²) in [5, 5.41) is 12.3. The van der Waals surface area contributed by atoms with Crippen molar-refractivity contribution < 1.29 is 74.4 Å². The lowest BCUT2D eigenvalue weighted by atomic mass is 9.88. The molecule has 0 atom stereocenters. The van der Waals surface area contributed by atoms with Gasteiger partial charge in [0.15, 0.2) is 63.6 Å². The Bertz CT molecular complexity index is 6500. The van der Waals surface area contributed by atoms with Crippen molar-refractivity contribution >= 4 is 105 Å². The molecule has 9 heterocycles. The number of thiophene rings is 3. The fourth-order valence-corrected chi connectivity index (χ4v) is 19.1. The number of fused-ring (bicyclic) bond motifs is 3. The summed E-state index contributed by atoms with van der Waals surface area (Å²) in [5.41, 5.74) is 14.2. The van der Waals surface area contributed by atoms with Crippen LogP contribution in [0.4, 0.5) is 32.0 Å². The van der Waals surface area contributed by atoms with Crippen LogP contribution in [0.3, 0.4) is 0 Å². The number of pyridine rings is 6. The average Bonchev–Trinajstić information content (AvgIpc) is 1.62. The number of aryl methyl sites for hydroxylation is 2. The molecule has 18 nitrogen and oxygen atoms in total. The molecule has 0 bridgehead atoms. The molecule has 3 saturated carbocycles. The molecular formula is C109H102F6N8O10S3. The van der Waals surface area contributed by atoms with E-state index in [1.165, 1.54) is 175 Å². The summed E-state index contributed by atoms with van der Waals surface area (Å²) in [7, 11) is 0. The van der Waals surface area contributed by atoms with Gasteiger partial charge in [-0.3, -0.25) is 58.7 Å². The number of nitrogen functional groups attached to an aromatic ring is 1. The number of aliphatic carboxylic acids is 1. The number of halogens is 6. The smallest absolute Gasteiger partial charge is 0.317 e. The number of carbonyl (C=O) groups is 6. The minimum absolute atomic E-state index is 0.0290. The fourth-order valence-electron chi connectivity index (χ4n) is 16.0. The highest BCUT2D eigenvalue weighted by molar-refractivity contribution is 7.23. The monoisotopic (exact) mass is 1890 g/mol. The van der Waals surface area contributed by atoms with Crippen molar-refractivity contribution in [3.05, 3.63) is 317 Å². The predicted molar refractivity (Wildman–Crippen MR) is 520 cm³/mol. The zero-order valence-electron chi connectivity index (χ0n) is 75.6. The molecule has 136 heavy (non-hydrogen) atoms. The molecule has 9 aromatic heterocycles. The zero-order chi connectivity index (χ0) is 95.5. The molecule has 15 aromatic rings. The highest BCUT2D eigenvalue weighted by Gasteiger charge is 2.57. The zero-order valence-corrected chi connectivity index (χ0v) is 78.0. The molecule has 6 aromatic carbocycles. The summed E-state index contributed by atoms with van der Waals surface area (Å²) in [5.74, 6) is -3.22. The number of anilines is 1. The van der Waals surface area contributed by atoms with Crippen LogP contribution in [0, 0.1) is 51.1 Å². The number of rotatable bonds is 40. The number of carbonyl (C=O) groups excluding carboxylic acids is 5. The van der Waals surface area contributed by atoms with Crippen LogP contribution in [0.1, 0.15) is 162 Å². The number of ketones is 5. The summed E-state index contributed by atoms with van der Waals surface area (Å²) >= 11 is 4.51. The number of ether oxygens (including phenoxy) is 3. The summed E-state index contributed by atoms with van der Waals surface area (Å²) in [6, 6.07) is 53.8. The first-order valence-electron chi connectivity index (χ1n) is 45.9. The molecule has 3 aliphatic carbocycles. The number of carboxylic acid groups (broad SMARTS) is 1. The second-order valence-electron chi connectivity index (χ2n) is 34.6. The van der Waals surface area contributed by atoms with Crippen LogP contribution in [0.15, 0.2) is 237 Å². The van der Waals surface area contributed by atoms with Crippen LogP contribution in [-0.2, 0) is 80.1 Å². The molecule has 0 amide bonds. The van der Waals surface area contributed by atoms with E-state index >= 15 is 8.78 Å². The third kappa shape index (κ3) is 24.7. The second kappa shape index (κ2) is 44.9. The SMILES string of the molecule is CCCCCCc1ccc(-c2cc3nccc(Oc4ccc(CC(=O)C5(C(=O)Cc6ccc(F)cc6)CC5)cc4F)c3s2)nc1.CCCCCCc1ccc(-c2cc3nccc(Oc4ccc(N)cc4F)c3s2)nc1.CCCNCCc1ccc(-c2cc3nccc(Oc4ccc(CC(=O)C5(C(=O)Cc6ccc(F)cc6)CC5)cc4F)c3s2)nc1.O=C(O)C1(C(=O)Cc2ccc(F)cc2)CC1. The number of nitrogens with two attached hydrogens (primary N) is 1. The fraction of sp³-hybridized carbons (Fsp3) is 0.284. The van der Waals surface area contributed by atoms with E-state index in [9.17, 15) is 46.3 Å². The third-order valence-corrected chi connectivity index (χ3v) is 28.0. The van der Waals surface area contributed by atoms with E-state index in [4.69, 9.17) is 25.1 Å². The first-order chi connectivity index (χ1) is 65.9. The Balaban J connectivity index is 0.000000145. The van der Waals surface area contributed by atoms with E-state index in [2.05, 4.69) is 80.3 Å². The second-order valence-corrected chi connectivity index (χ2v) is 37.8. The number of Topliss-reactive ketones (excluding diaryl/α,β-unsaturated/α-hetero) is 5. The molecule has 3 fully saturated rings. The van der Waals surface area contributed by atoms with E-state index in [0.717, 1.165) is 113 Å². The topological polar surface area (TPSA) is 266 Å². The highest BCUT2D eigenvalue weighted by atomic mass is 32.1. The molecule has 3 aliphatic rings. The predicted octanol–water partition coefficient (Wildman–Crippen LogP) is 25.7. The lowest BCUT2D eigenvalue weighted by molar-refractivity contribution is -0.148. The van der Waals surface area contributed by atoms with Gasteiger partial charge in [-0.1, -0.05) is 126 Å². The Morgan fingerprint density at radius 3 is 0.963 bits per heavy atom. The lowest BCUT2D eigenvalue weighted by Gasteiger charge is -2.14. The number of nitrogens with one attached hydrogen (secondary N) is 1. The third-order valence-electron chi connectivity index (χ3n) is 24.5. The summed E-state index contributed by atoms with van der Waals surface area (Å²) in [6.45, 7) is 8.49. The van der Waals surface area contributed by atoms with Crippen molar-refractivity contribution in [2.75, 3.05) is 18.8 Å². The van der Waals surface area contributed by atoms with E-state index in [1.807, 2.05) is 48.9 Å². The Hall–Kier alpha value is -13.3. The summed E-state index contributed by atoms with van der Waals surface area (Å²) in [6.07, 6.45) is 27.5. The minimum Gasteiger partial charge on any atom is -0.480 e. The quantitative estimate of drug-likeness (QED) is 0.0139. The molecule has 0 saturated heterocycles. The van der Waals surface area contributed by atoms with E-state index in [0.29, 0.717) is 89.3 Å².